The van der Waals surface area contributed by atoms with Crippen LogP contribution in [0.15, 0.2) is 24.3 Å². The summed E-state index contributed by atoms with van der Waals surface area (Å²) in [6.07, 6.45) is 0.475. The Kier molecular flexibility index (Phi) is 3.97. The topological polar surface area (TPSA) is 43.4 Å². The van der Waals surface area contributed by atoms with Crippen LogP contribution in [-0.2, 0) is 14.3 Å². The molecular weight excluding hydrogens is 156 g/mol. The first-order valence-corrected chi connectivity index (χ1v) is 3.58. The molecule has 0 bridgehead atoms. The van der Waals surface area contributed by atoms with Crippen molar-refractivity contribution in [1.29, 1.82) is 0 Å². The van der Waals surface area contributed by atoms with E-state index in [-0.39, 0.29) is 11.1 Å². The summed E-state index contributed by atoms with van der Waals surface area (Å²) in [7, 11) is 0. The molecule has 0 rings (SSSR count). The SMILES string of the molecule is C=C(C)C(=O)OC(=O)C(=C)CC. The predicted octanol–water partition coefficient (Wildman–Crippen LogP) is 1.60. The summed E-state index contributed by atoms with van der Waals surface area (Å²) in [5.41, 5.74) is 0.483. The Bertz CT molecular complexity index is 238. The minimum Gasteiger partial charge on any atom is -0.386 e. The van der Waals surface area contributed by atoms with Gasteiger partial charge in [0, 0.05) is 11.1 Å². The van der Waals surface area contributed by atoms with Crippen LogP contribution in [0.2, 0.25) is 0 Å². The third-order valence-corrected chi connectivity index (χ3v) is 1.25. The molecule has 3 nitrogen and oxygen atoms in total. The summed E-state index contributed by atoms with van der Waals surface area (Å²) >= 11 is 0. The molecule has 0 radical (unpaired) electrons. The number of rotatable bonds is 3. The molecule has 0 aromatic carbocycles. The summed E-state index contributed by atoms with van der Waals surface area (Å²) in [4.78, 5) is 21.7. The maximum Gasteiger partial charge on any atom is 0.341 e. The van der Waals surface area contributed by atoms with Crippen molar-refractivity contribution in [2.75, 3.05) is 0 Å². The fraction of sp³-hybridized carbons (Fsp3) is 0.333. The molecule has 0 aliphatic heterocycles. The second-order valence-corrected chi connectivity index (χ2v) is 2.41. The van der Waals surface area contributed by atoms with E-state index in [1.165, 1.54) is 6.92 Å². The van der Waals surface area contributed by atoms with Gasteiger partial charge in [-0.3, -0.25) is 0 Å². The van der Waals surface area contributed by atoms with Crippen molar-refractivity contribution in [3.8, 4) is 0 Å². The molecule has 0 aromatic rings. The van der Waals surface area contributed by atoms with Crippen LogP contribution < -0.4 is 0 Å². The lowest BCUT2D eigenvalue weighted by Gasteiger charge is -2.01. The molecule has 3 heteroatoms. The Balaban J connectivity index is 4.11. The minimum atomic E-state index is -0.699. The standard InChI is InChI=1S/C9H12O3/c1-5-7(4)9(11)12-8(10)6(2)3/h2,4-5H2,1,3H3. The zero-order valence-corrected chi connectivity index (χ0v) is 7.35. The van der Waals surface area contributed by atoms with E-state index in [9.17, 15) is 9.59 Å². The van der Waals surface area contributed by atoms with E-state index in [0.29, 0.717) is 6.42 Å². The van der Waals surface area contributed by atoms with E-state index < -0.39 is 11.9 Å². The van der Waals surface area contributed by atoms with E-state index in [2.05, 4.69) is 17.9 Å². The first-order chi connectivity index (χ1) is 5.49. The number of hydrogen-bond acceptors (Lipinski definition) is 3. The number of hydrogen-bond donors (Lipinski definition) is 0. The summed E-state index contributed by atoms with van der Waals surface area (Å²) < 4.78 is 4.39. The molecular formula is C9H12O3. The third kappa shape index (κ3) is 3.14. The molecule has 0 unspecified atom stereocenters. The van der Waals surface area contributed by atoms with Crippen LogP contribution in [0.4, 0.5) is 0 Å². The van der Waals surface area contributed by atoms with Gasteiger partial charge in [-0.2, -0.15) is 0 Å². The van der Waals surface area contributed by atoms with Crippen LogP contribution in [0.25, 0.3) is 0 Å². The first kappa shape index (κ1) is 10.6. The average Bonchev–Trinajstić information content (AvgIpc) is 2.02. The van der Waals surface area contributed by atoms with E-state index in [4.69, 9.17) is 0 Å². The molecule has 0 saturated carbocycles. The lowest BCUT2D eigenvalue weighted by Crippen LogP contribution is -2.13. The second kappa shape index (κ2) is 4.49. The van der Waals surface area contributed by atoms with Crippen molar-refractivity contribution < 1.29 is 14.3 Å². The highest BCUT2D eigenvalue weighted by Gasteiger charge is 2.12. The second-order valence-electron chi connectivity index (χ2n) is 2.41. The molecule has 0 spiro atoms. The van der Waals surface area contributed by atoms with Gasteiger partial charge in [0.05, 0.1) is 0 Å². The first-order valence-electron chi connectivity index (χ1n) is 3.58. The summed E-state index contributed by atoms with van der Waals surface area (Å²) in [5.74, 6) is -1.37. The Morgan fingerprint density at radius 1 is 1.25 bits per heavy atom. The Morgan fingerprint density at radius 2 is 1.75 bits per heavy atom. The van der Waals surface area contributed by atoms with Gasteiger partial charge >= 0.3 is 11.9 Å². The quantitative estimate of drug-likeness (QED) is 0.365. The Morgan fingerprint density at radius 3 is 2.08 bits per heavy atom. The van der Waals surface area contributed by atoms with Crippen molar-refractivity contribution in [1.82, 2.24) is 0 Å². The zero-order chi connectivity index (χ0) is 9.72. The smallest absolute Gasteiger partial charge is 0.341 e. The van der Waals surface area contributed by atoms with E-state index in [1.807, 2.05) is 0 Å². The van der Waals surface area contributed by atoms with Crippen molar-refractivity contribution in [2.45, 2.75) is 20.3 Å². The predicted molar refractivity (Wildman–Crippen MR) is 45.3 cm³/mol. The molecule has 0 aliphatic rings. The fourth-order valence-corrected chi connectivity index (χ4v) is 0.388. The monoisotopic (exact) mass is 168 g/mol. The molecule has 0 N–H and O–H groups in total. The van der Waals surface area contributed by atoms with Gasteiger partial charge in [-0.15, -0.1) is 0 Å². The molecule has 12 heavy (non-hydrogen) atoms. The summed E-state index contributed by atoms with van der Waals surface area (Å²) in [5, 5.41) is 0. The highest BCUT2D eigenvalue weighted by Crippen LogP contribution is 2.02. The third-order valence-electron chi connectivity index (χ3n) is 1.25. The number of esters is 2. The highest BCUT2D eigenvalue weighted by atomic mass is 16.6. The van der Waals surface area contributed by atoms with Crippen LogP contribution in [0.3, 0.4) is 0 Å². The minimum absolute atomic E-state index is 0.201. The van der Waals surface area contributed by atoms with Crippen LogP contribution in [0.1, 0.15) is 20.3 Å². The fourth-order valence-electron chi connectivity index (χ4n) is 0.388. The van der Waals surface area contributed by atoms with E-state index >= 15 is 0 Å². The van der Waals surface area contributed by atoms with E-state index in [0.717, 1.165) is 0 Å². The molecule has 0 aromatic heterocycles. The number of carbonyl (C=O) groups excluding carboxylic acids is 2. The molecule has 0 atom stereocenters. The van der Waals surface area contributed by atoms with Crippen molar-refractivity contribution >= 4 is 11.9 Å². The molecule has 0 fully saturated rings. The van der Waals surface area contributed by atoms with Gasteiger partial charge in [0.15, 0.2) is 0 Å². The molecule has 0 heterocycles. The molecule has 0 saturated heterocycles. The van der Waals surface area contributed by atoms with Gasteiger partial charge in [-0.05, 0) is 13.3 Å². The lowest BCUT2D eigenvalue weighted by atomic mass is 10.2. The summed E-state index contributed by atoms with van der Waals surface area (Å²) in [6.45, 7) is 10.0. The van der Waals surface area contributed by atoms with Gasteiger partial charge in [0.1, 0.15) is 0 Å². The molecule has 66 valence electrons. The zero-order valence-electron chi connectivity index (χ0n) is 7.35. The maximum absolute atomic E-state index is 10.9. The van der Waals surface area contributed by atoms with E-state index in [1.54, 1.807) is 6.92 Å². The van der Waals surface area contributed by atoms with Crippen LogP contribution in [0.5, 0.6) is 0 Å². The normalized spacial score (nSPS) is 8.83. The highest BCUT2D eigenvalue weighted by molar-refractivity contribution is 6.00. The van der Waals surface area contributed by atoms with Crippen LogP contribution in [-0.4, -0.2) is 11.9 Å². The largest absolute Gasteiger partial charge is 0.386 e. The van der Waals surface area contributed by atoms with Crippen LogP contribution in [0, 0.1) is 0 Å². The van der Waals surface area contributed by atoms with Gasteiger partial charge < -0.3 is 4.74 Å². The summed E-state index contributed by atoms with van der Waals surface area (Å²) in [6, 6.07) is 0. The van der Waals surface area contributed by atoms with Gasteiger partial charge in [-0.1, -0.05) is 20.1 Å². The van der Waals surface area contributed by atoms with Crippen molar-refractivity contribution in [3.63, 3.8) is 0 Å². The Labute approximate surface area is 71.7 Å². The van der Waals surface area contributed by atoms with Crippen molar-refractivity contribution in [2.24, 2.45) is 0 Å². The van der Waals surface area contributed by atoms with Crippen LogP contribution >= 0.6 is 0 Å². The lowest BCUT2D eigenvalue weighted by molar-refractivity contribution is -0.154. The van der Waals surface area contributed by atoms with Gasteiger partial charge in [-0.25, -0.2) is 9.59 Å². The number of ether oxygens (including phenoxy) is 1. The Hall–Kier alpha value is -1.38. The molecule has 0 aliphatic carbocycles. The van der Waals surface area contributed by atoms with Gasteiger partial charge in [0.25, 0.3) is 0 Å². The van der Waals surface area contributed by atoms with Crippen molar-refractivity contribution in [3.05, 3.63) is 24.3 Å². The maximum atomic E-state index is 10.9. The average molecular weight is 168 g/mol. The molecule has 0 amide bonds. The number of carbonyl (C=O) groups is 2. The van der Waals surface area contributed by atoms with Gasteiger partial charge in [0.2, 0.25) is 0 Å².